The van der Waals surface area contributed by atoms with Gasteiger partial charge in [0.15, 0.2) is 0 Å². The van der Waals surface area contributed by atoms with Crippen LogP contribution in [-0.4, -0.2) is 31.3 Å². The van der Waals surface area contributed by atoms with Crippen molar-refractivity contribution in [2.24, 2.45) is 12.5 Å². The minimum absolute atomic E-state index is 0.00772. The lowest BCUT2D eigenvalue weighted by molar-refractivity contribution is 0.0882. The molecule has 0 aromatic carbocycles. The summed E-state index contributed by atoms with van der Waals surface area (Å²) >= 11 is 0. The quantitative estimate of drug-likeness (QED) is 0.936. The molecular weight excluding hydrogens is 302 g/mol. The number of aromatic nitrogens is 4. The Kier molecular flexibility index (Phi) is 4.47. The summed E-state index contributed by atoms with van der Waals surface area (Å²) in [6.45, 7) is 7.14. The summed E-state index contributed by atoms with van der Waals surface area (Å²) in [6, 6.07) is 0.00772. The van der Waals surface area contributed by atoms with Gasteiger partial charge in [0.25, 0.3) is 5.91 Å². The largest absolute Gasteiger partial charge is 0.346 e. The van der Waals surface area contributed by atoms with Crippen molar-refractivity contribution < 1.29 is 4.79 Å². The fourth-order valence-electron chi connectivity index (χ4n) is 3.33. The molecule has 24 heavy (non-hydrogen) atoms. The van der Waals surface area contributed by atoms with Crippen molar-refractivity contribution in [2.75, 3.05) is 0 Å². The van der Waals surface area contributed by atoms with Crippen LogP contribution in [0.15, 0.2) is 18.7 Å². The predicted molar refractivity (Wildman–Crippen MR) is 92.8 cm³/mol. The molecule has 0 saturated heterocycles. The van der Waals surface area contributed by atoms with Crippen LogP contribution in [0.1, 0.15) is 55.4 Å². The predicted octanol–water partition coefficient (Wildman–Crippen LogP) is 2.34. The fraction of sp³-hybridized carbons (Fsp3) is 0.611. The molecule has 1 amide bonds. The summed E-state index contributed by atoms with van der Waals surface area (Å²) in [5.74, 6) is -0.0202. The Hall–Kier alpha value is -2.11. The Bertz CT molecular complexity index is 709. The highest BCUT2D eigenvalue weighted by Crippen LogP contribution is 2.25. The van der Waals surface area contributed by atoms with Gasteiger partial charge in [0, 0.05) is 31.5 Å². The molecule has 2 aromatic rings. The Morgan fingerprint density at radius 1 is 1.33 bits per heavy atom. The Morgan fingerprint density at radius 3 is 2.75 bits per heavy atom. The summed E-state index contributed by atoms with van der Waals surface area (Å²) in [4.78, 5) is 17.1. The molecule has 1 aliphatic rings. The topological polar surface area (TPSA) is 64.7 Å². The number of hydrogen-bond donors (Lipinski definition) is 1. The van der Waals surface area contributed by atoms with Gasteiger partial charge in [0.05, 0.1) is 18.1 Å². The van der Waals surface area contributed by atoms with E-state index < -0.39 is 0 Å². The van der Waals surface area contributed by atoms with Gasteiger partial charge in [0.1, 0.15) is 5.69 Å². The molecule has 130 valence electrons. The zero-order chi connectivity index (χ0) is 17.3. The maximum atomic E-state index is 13.0. The molecule has 0 aliphatic heterocycles. The molecule has 0 unspecified atom stereocenters. The summed E-state index contributed by atoms with van der Waals surface area (Å²) in [5, 5.41) is 7.80. The number of nitrogens with zero attached hydrogens (tertiary/aromatic N) is 4. The molecule has 0 spiro atoms. The van der Waals surface area contributed by atoms with E-state index >= 15 is 0 Å². The highest BCUT2D eigenvalue weighted by Gasteiger charge is 2.30. The van der Waals surface area contributed by atoms with Crippen LogP contribution in [0.3, 0.4) is 0 Å². The molecule has 0 bridgehead atoms. The third-order valence-electron chi connectivity index (χ3n) is 4.84. The lowest BCUT2D eigenvalue weighted by Crippen LogP contribution is -2.47. The zero-order valence-electron chi connectivity index (χ0n) is 15.0. The first-order valence-corrected chi connectivity index (χ1v) is 8.67. The van der Waals surface area contributed by atoms with E-state index in [0.29, 0.717) is 6.54 Å². The number of aryl methyl sites for hydroxylation is 2. The Balaban J connectivity index is 1.82. The molecule has 0 radical (unpaired) electrons. The van der Waals surface area contributed by atoms with Crippen LogP contribution < -0.4 is 5.32 Å². The minimum atomic E-state index is -0.0570. The van der Waals surface area contributed by atoms with Crippen molar-refractivity contribution in [3.8, 4) is 0 Å². The molecule has 2 heterocycles. The lowest BCUT2D eigenvalue weighted by atomic mass is 9.86. The maximum absolute atomic E-state index is 13.0. The highest BCUT2D eigenvalue weighted by molar-refractivity contribution is 5.94. The van der Waals surface area contributed by atoms with Gasteiger partial charge < -0.3 is 9.88 Å². The van der Waals surface area contributed by atoms with Gasteiger partial charge in [-0.15, -0.1) is 0 Å². The maximum Gasteiger partial charge on any atom is 0.270 e. The standard InChI is InChI=1S/C18H27N5O/c1-18(2,3)15(11-23-10-9-19-12-23)20-17(24)16-13-7-5-6-8-14(13)21-22(16)4/h9-10,12,15H,5-8,11H2,1-4H3,(H,20,24)/t15-/m1/s1. The molecule has 1 N–H and O–H groups in total. The average molecular weight is 329 g/mol. The number of carbonyl (C=O) groups excluding carboxylic acids is 1. The number of carbonyl (C=O) groups is 1. The van der Waals surface area contributed by atoms with Gasteiger partial charge in [-0.1, -0.05) is 20.8 Å². The number of nitrogens with one attached hydrogen (secondary N) is 1. The Morgan fingerprint density at radius 2 is 2.08 bits per heavy atom. The molecule has 1 atom stereocenters. The van der Waals surface area contributed by atoms with Gasteiger partial charge in [-0.2, -0.15) is 5.10 Å². The van der Waals surface area contributed by atoms with Crippen LogP contribution >= 0.6 is 0 Å². The molecule has 0 fully saturated rings. The van der Waals surface area contributed by atoms with E-state index in [-0.39, 0.29) is 17.4 Å². The van der Waals surface area contributed by atoms with Crippen molar-refractivity contribution in [3.63, 3.8) is 0 Å². The summed E-state index contributed by atoms with van der Waals surface area (Å²) < 4.78 is 3.76. The van der Waals surface area contributed by atoms with Crippen molar-refractivity contribution >= 4 is 5.91 Å². The first-order valence-electron chi connectivity index (χ1n) is 8.67. The van der Waals surface area contributed by atoms with E-state index in [0.717, 1.165) is 42.6 Å². The van der Waals surface area contributed by atoms with Crippen molar-refractivity contribution in [2.45, 2.75) is 59.0 Å². The first-order chi connectivity index (χ1) is 11.4. The second kappa shape index (κ2) is 6.42. The molecule has 2 aromatic heterocycles. The summed E-state index contributed by atoms with van der Waals surface area (Å²) in [6.07, 6.45) is 9.71. The average Bonchev–Trinajstić information content (AvgIpc) is 3.11. The summed E-state index contributed by atoms with van der Waals surface area (Å²) in [5.41, 5.74) is 2.90. The van der Waals surface area contributed by atoms with E-state index in [9.17, 15) is 4.79 Å². The van der Waals surface area contributed by atoms with Crippen molar-refractivity contribution in [1.29, 1.82) is 0 Å². The van der Waals surface area contributed by atoms with Gasteiger partial charge in [-0.05, 0) is 31.1 Å². The number of fused-ring (bicyclic) bond motifs is 1. The van der Waals surface area contributed by atoms with Crippen LogP contribution in [0.25, 0.3) is 0 Å². The van der Waals surface area contributed by atoms with Crippen LogP contribution in [0.5, 0.6) is 0 Å². The number of hydrogen-bond acceptors (Lipinski definition) is 3. The molecule has 6 nitrogen and oxygen atoms in total. The fourth-order valence-corrected chi connectivity index (χ4v) is 3.33. The highest BCUT2D eigenvalue weighted by atomic mass is 16.2. The first kappa shape index (κ1) is 16.7. The molecular formula is C18H27N5O. The van der Waals surface area contributed by atoms with E-state index in [2.05, 4.69) is 36.2 Å². The SMILES string of the molecule is Cn1nc2c(c1C(=O)N[C@H](Cn1ccnc1)C(C)(C)C)CCCC2. The third-order valence-corrected chi connectivity index (χ3v) is 4.84. The van der Waals surface area contributed by atoms with E-state index in [4.69, 9.17) is 0 Å². The number of amides is 1. The lowest BCUT2D eigenvalue weighted by Gasteiger charge is -2.32. The smallest absolute Gasteiger partial charge is 0.270 e. The van der Waals surface area contributed by atoms with Gasteiger partial charge in [0.2, 0.25) is 0 Å². The van der Waals surface area contributed by atoms with E-state index in [1.807, 2.05) is 17.8 Å². The number of rotatable bonds is 4. The number of imidazole rings is 1. The molecule has 3 rings (SSSR count). The van der Waals surface area contributed by atoms with Crippen LogP contribution in [0.2, 0.25) is 0 Å². The second-order valence-electron chi connectivity index (χ2n) is 7.76. The van der Waals surface area contributed by atoms with Gasteiger partial charge in [-0.25, -0.2) is 4.98 Å². The van der Waals surface area contributed by atoms with E-state index in [1.54, 1.807) is 17.2 Å². The second-order valence-corrected chi connectivity index (χ2v) is 7.76. The Labute approximate surface area is 143 Å². The monoisotopic (exact) mass is 329 g/mol. The van der Waals surface area contributed by atoms with Gasteiger partial charge in [-0.3, -0.25) is 9.48 Å². The normalized spacial score (nSPS) is 15.8. The van der Waals surface area contributed by atoms with Crippen molar-refractivity contribution in [3.05, 3.63) is 35.7 Å². The zero-order valence-corrected chi connectivity index (χ0v) is 15.0. The molecule has 6 heteroatoms. The van der Waals surface area contributed by atoms with Crippen LogP contribution in [0.4, 0.5) is 0 Å². The van der Waals surface area contributed by atoms with Crippen molar-refractivity contribution in [1.82, 2.24) is 24.6 Å². The van der Waals surface area contributed by atoms with Crippen LogP contribution in [-0.2, 0) is 26.4 Å². The molecule has 0 saturated carbocycles. The van der Waals surface area contributed by atoms with Gasteiger partial charge >= 0.3 is 0 Å². The van der Waals surface area contributed by atoms with Crippen LogP contribution in [0, 0.1) is 5.41 Å². The van der Waals surface area contributed by atoms with E-state index in [1.165, 1.54) is 0 Å². The minimum Gasteiger partial charge on any atom is -0.346 e. The third kappa shape index (κ3) is 3.37. The molecule has 1 aliphatic carbocycles. The summed E-state index contributed by atoms with van der Waals surface area (Å²) in [7, 11) is 1.87.